The van der Waals surface area contributed by atoms with Crippen molar-refractivity contribution < 1.29 is 13.6 Å². The first-order chi connectivity index (χ1) is 13.6. The maximum atomic E-state index is 14.2. The van der Waals surface area contributed by atoms with E-state index in [1.54, 1.807) is 24.8 Å². The normalized spacial score (nSPS) is 14.9. The Morgan fingerprint density at radius 2 is 1.96 bits per heavy atom. The maximum Gasteiger partial charge on any atom is 0.321 e. The lowest BCUT2D eigenvalue weighted by Crippen LogP contribution is -2.53. The molecule has 3 aromatic rings. The molecular weight excluding hydrogens is 364 g/mol. The van der Waals surface area contributed by atoms with E-state index < -0.39 is 23.2 Å². The number of anilines is 1. The van der Waals surface area contributed by atoms with Gasteiger partial charge in [0, 0.05) is 30.7 Å². The number of aromatic nitrogens is 3. The van der Waals surface area contributed by atoms with E-state index in [0.717, 1.165) is 12.0 Å². The van der Waals surface area contributed by atoms with E-state index in [2.05, 4.69) is 20.6 Å². The Kier molecular flexibility index (Phi) is 4.77. The first-order valence-corrected chi connectivity index (χ1v) is 9.00. The third kappa shape index (κ3) is 3.58. The predicted molar refractivity (Wildman–Crippen MR) is 99.6 cm³/mol. The molecule has 28 heavy (non-hydrogen) atoms. The summed E-state index contributed by atoms with van der Waals surface area (Å²) in [6.07, 6.45) is 8.66. The monoisotopic (exact) mass is 383 g/mol. The molecule has 0 saturated heterocycles. The Morgan fingerprint density at radius 3 is 2.54 bits per heavy atom. The van der Waals surface area contributed by atoms with E-state index in [1.165, 1.54) is 18.2 Å². The summed E-state index contributed by atoms with van der Waals surface area (Å²) in [6, 6.07) is 6.71. The zero-order valence-corrected chi connectivity index (χ0v) is 15.0. The Morgan fingerprint density at radius 1 is 1.18 bits per heavy atom. The van der Waals surface area contributed by atoms with Crippen LogP contribution in [0, 0.1) is 11.6 Å². The van der Waals surface area contributed by atoms with Crippen molar-refractivity contribution in [3.63, 3.8) is 0 Å². The number of imidazole rings is 1. The van der Waals surface area contributed by atoms with Gasteiger partial charge in [-0.25, -0.2) is 23.5 Å². The van der Waals surface area contributed by atoms with Crippen molar-refractivity contribution in [1.82, 2.24) is 19.9 Å². The second-order valence-electron chi connectivity index (χ2n) is 6.90. The van der Waals surface area contributed by atoms with Crippen molar-refractivity contribution in [1.29, 1.82) is 0 Å². The van der Waals surface area contributed by atoms with E-state index in [0.29, 0.717) is 25.2 Å². The van der Waals surface area contributed by atoms with Gasteiger partial charge in [-0.05, 0) is 43.0 Å². The number of hydrogen-bond donors (Lipinski definition) is 2. The second-order valence-corrected chi connectivity index (χ2v) is 6.90. The number of benzene rings is 1. The van der Waals surface area contributed by atoms with Crippen LogP contribution in [0.15, 0.2) is 55.2 Å². The average Bonchev–Trinajstić information content (AvgIpc) is 3.14. The number of halogens is 2. The molecule has 144 valence electrons. The standard InChI is InChI=1S/C20H19F2N5O/c21-15-3-1-4-16(22)18(15)20(7-2-8-20)26-19(28)25-17-6-5-14(11-24-17)12-27-10-9-23-13-27/h1,3-6,9-11,13H,2,7-8,12H2,(H2,24,25,26,28). The summed E-state index contributed by atoms with van der Waals surface area (Å²) in [4.78, 5) is 20.6. The highest BCUT2D eigenvalue weighted by Crippen LogP contribution is 2.43. The molecule has 2 aromatic heterocycles. The molecule has 1 saturated carbocycles. The number of carbonyl (C=O) groups is 1. The molecule has 8 heteroatoms. The van der Waals surface area contributed by atoms with Crippen molar-refractivity contribution in [2.45, 2.75) is 31.3 Å². The summed E-state index contributed by atoms with van der Waals surface area (Å²) in [5, 5.41) is 5.38. The smallest absolute Gasteiger partial charge is 0.321 e. The van der Waals surface area contributed by atoms with Crippen LogP contribution in [0.1, 0.15) is 30.4 Å². The highest BCUT2D eigenvalue weighted by Gasteiger charge is 2.44. The number of rotatable bonds is 5. The number of amides is 2. The van der Waals surface area contributed by atoms with Crippen LogP contribution in [0.2, 0.25) is 0 Å². The molecule has 0 bridgehead atoms. The minimum Gasteiger partial charge on any atom is -0.333 e. The van der Waals surface area contributed by atoms with Gasteiger partial charge in [-0.15, -0.1) is 0 Å². The van der Waals surface area contributed by atoms with Crippen molar-refractivity contribution in [3.8, 4) is 0 Å². The average molecular weight is 383 g/mol. The lowest BCUT2D eigenvalue weighted by Gasteiger charge is -2.43. The lowest BCUT2D eigenvalue weighted by atomic mass is 9.71. The SMILES string of the molecule is O=C(Nc1ccc(Cn2ccnc2)cn1)NC1(c2c(F)cccc2F)CCC1. The third-order valence-electron chi connectivity index (χ3n) is 4.99. The van der Waals surface area contributed by atoms with E-state index in [9.17, 15) is 13.6 Å². The molecule has 1 aromatic carbocycles. The summed E-state index contributed by atoms with van der Waals surface area (Å²) in [6.45, 7) is 0.620. The first kappa shape index (κ1) is 18.1. The molecule has 2 N–H and O–H groups in total. The van der Waals surface area contributed by atoms with Gasteiger partial charge in [-0.3, -0.25) is 5.32 Å². The van der Waals surface area contributed by atoms with Crippen LogP contribution in [0.25, 0.3) is 0 Å². The first-order valence-electron chi connectivity index (χ1n) is 9.00. The zero-order chi connectivity index (χ0) is 19.6. The molecule has 0 spiro atoms. The van der Waals surface area contributed by atoms with Gasteiger partial charge in [0.15, 0.2) is 0 Å². The number of nitrogens with one attached hydrogen (secondary N) is 2. The summed E-state index contributed by atoms with van der Waals surface area (Å²) in [7, 11) is 0. The number of hydrogen-bond acceptors (Lipinski definition) is 3. The Bertz CT molecular complexity index is 949. The molecule has 0 radical (unpaired) electrons. The Labute approximate surface area is 160 Å². The summed E-state index contributed by atoms with van der Waals surface area (Å²) in [5.41, 5.74) is -0.158. The highest BCUT2D eigenvalue weighted by molar-refractivity contribution is 5.89. The lowest BCUT2D eigenvalue weighted by molar-refractivity contribution is 0.175. The molecule has 1 aliphatic rings. The van der Waals surface area contributed by atoms with Gasteiger partial charge < -0.3 is 9.88 Å². The number of urea groups is 1. The topological polar surface area (TPSA) is 71.8 Å². The molecule has 0 aliphatic heterocycles. The van der Waals surface area contributed by atoms with Crippen molar-refractivity contribution in [2.24, 2.45) is 0 Å². The minimum absolute atomic E-state index is 0.0833. The van der Waals surface area contributed by atoms with Crippen LogP contribution in [-0.2, 0) is 12.1 Å². The van der Waals surface area contributed by atoms with Gasteiger partial charge in [-0.2, -0.15) is 0 Å². The molecule has 0 unspecified atom stereocenters. The fourth-order valence-corrected chi connectivity index (χ4v) is 3.47. The largest absolute Gasteiger partial charge is 0.333 e. The molecule has 0 atom stereocenters. The van der Waals surface area contributed by atoms with Crippen LogP contribution >= 0.6 is 0 Å². The van der Waals surface area contributed by atoms with E-state index in [4.69, 9.17) is 0 Å². The van der Waals surface area contributed by atoms with E-state index >= 15 is 0 Å². The van der Waals surface area contributed by atoms with Crippen LogP contribution in [-0.4, -0.2) is 20.6 Å². The van der Waals surface area contributed by atoms with E-state index in [1.807, 2.05) is 16.8 Å². The fraction of sp³-hybridized carbons (Fsp3) is 0.250. The number of nitrogens with zero attached hydrogens (tertiary/aromatic N) is 3. The molecule has 1 fully saturated rings. The van der Waals surface area contributed by atoms with Gasteiger partial charge in [0.25, 0.3) is 0 Å². The third-order valence-corrected chi connectivity index (χ3v) is 4.99. The molecule has 1 aliphatic carbocycles. The fourth-order valence-electron chi connectivity index (χ4n) is 3.47. The number of carbonyl (C=O) groups excluding carboxylic acids is 1. The van der Waals surface area contributed by atoms with Crippen molar-refractivity contribution >= 4 is 11.8 Å². The number of pyridine rings is 1. The summed E-state index contributed by atoms with van der Waals surface area (Å²) in [5.74, 6) is -0.945. The van der Waals surface area contributed by atoms with Crippen molar-refractivity contribution in [3.05, 3.63) is 78.0 Å². The molecule has 4 rings (SSSR count). The Balaban J connectivity index is 1.43. The summed E-state index contributed by atoms with van der Waals surface area (Å²) < 4.78 is 30.3. The highest BCUT2D eigenvalue weighted by atomic mass is 19.1. The van der Waals surface area contributed by atoms with Gasteiger partial charge in [-0.1, -0.05) is 12.1 Å². The van der Waals surface area contributed by atoms with Crippen LogP contribution in [0.4, 0.5) is 19.4 Å². The molecule has 2 heterocycles. The van der Waals surface area contributed by atoms with Crippen molar-refractivity contribution in [2.75, 3.05) is 5.32 Å². The second kappa shape index (κ2) is 7.38. The van der Waals surface area contributed by atoms with Gasteiger partial charge in [0.05, 0.1) is 11.9 Å². The van der Waals surface area contributed by atoms with Crippen LogP contribution in [0.5, 0.6) is 0 Å². The Hall–Kier alpha value is -3.29. The van der Waals surface area contributed by atoms with Crippen LogP contribution < -0.4 is 10.6 Å². The predicted octanol–water partition coefficient (Wildman–Crippen LogP) is 3.81. The van der Waals surface area contributed by atoms with Gasteiger partial charge in [0.1, 0.15) is 17.5 Å². The van der Waals surface area contributed by atoms with E-state index in [-0.39, 0.29) is 5.56 Å². The molecule has 6 nitrogen and oxygen atoms in total. The van der Waals surface area contributed by atoms with Gasteiger partial charge >= 0.3 is 6.03 Å². The van der Waals surface area contributed by atoms with Crippen LogP contribution in [0.3, 0.4) is 0 Å². The quantitative estimate of drug-likeness (QED) is 0.704. The van der Waals surface area contributed by atoms with Gasteiger partial charge in [0.2, 0.25) is 0 Å². The molecular formula is C20H19F2N5O. The minimum atomic E-state index is -1.03. The molecule has 2 amide bonds. The summed E-state index contributed by atoms with van der Waals surface area (Å²) >= 11 is 0. The zero-order valence-electron chi connectivity index (χ0n) is 15.0. The maximum absolute atomic E-state index is 14.2.